The van der Waals surface area contributed by atoms with Crippen LogP contribution in [-0.4, -0.2) is 23.2 Å². The first-order valence-corrected chi connectivity index (χ1v) is 8.07. The van der Waals surface area contributed by atoms with Crippen molar-refractivity contribution in [2.24, 2.45) is 0 Å². The van der Waals surface area contributed by atoms with E-state index >= 15 is 0 Å². The van der Waals surface area contributed by atoms with Crippen molar-refractivity contribution < 1.29 is 14.6 Å². The van der Waals surface area contributed by atoms with E-state index in [-0.39, 0.29) is 5.69 Å². The summed E-state index contributed by atoms with van der Waals surface area (Å²) in [6, 6.07) is 13.3. The Kier molecular flexibility index (Phi) is 4.66. The Morgan fingerprint density at radius 3 is 2.62 bits per heavy atom. The van der Waals surface area contributed by atoms with Crippen molar-refractivity contribution in [3.05, 3.63) is 64.4 Å². The van der Waals surface area contributed by atoms with Gasteiger partial charge in [0.25, 0.3) is 0 Å². The third-order valence-corrected chi connectivity index (χ3v) is 4.40. The van der Waals surface area contributed by atoms with Crippen molar-refractivity contribution >= 4 is 38.4 Å². The predicted molar refractivity (Wildman–Crippen MR) is 96.7 cm³/mol. The average molecular weight is 387 g/mol. The molecule has 0 aliphatic rings. The van der Waals surface area contributed by atoms with Crippen molar-refractivity contribution in [3.63, 3.8) is 0 Å². The van der Waals surface area contributed by atoms with Crippen LogP contribution >= 0.6 is 15.9 Å². The fourth-order valence-electron chi connectivity index (χ4n) is 2.48. The molecule has 0 amide bonds. The SMILES string of the molecule is COc1ccc(CNc2c(C(=O)O)ncc3c(Br)cccc23)cc1. The second-order valence-electron chi connectivity index (χ2n) is 5.19. The zero-order valence-corrected chi connectivity index (χ0v) is 14.5. The van der Waals surface area contributed by atoms with Crippen LogP contribution < -0.4 is 10.1 Å². The number of aromatic nitrogens is 1. The highest BCUT2D eigenvalue weighted by Crippen LogP contribution is 2.31. The number of hydrogen-bond acceptors (Lipinski definition) is 4. The number of ether oxygens (including phenoxy) is 1. The molecular weight excluding hydrogens is 372 g/mol. The molecule has 24 heavy (non-hydrogen) atoms. The van der Waals surface area contributed by atoms with Crippen LogP contribution in [0, 0.1) is 0 Å². The number of nitrogens with one attached hydrogen (secondary N) is 1. The zero-order chi connectivity index (χ0) is 17.1. The summed E-state index contributed by atoms with van der Waals surface area (Å²) in [6.45, 7) is 0.484. The molecule has 0 aliphatic carbocycles. The van der Waals surface area contributed by atoms with E-state index in [2.05, 4.69) is 26.2 Å². The van der Waals surface area contributed by atoms with E-state index in [9.17, 15) is 9.90 Å². The van der Waals surface area contributed by atoms with Crippen LogP contribution in [0.1, 0.15) is 16.1 Å². The van der Waals surface area contributed by atoms with Gasteiger partial charge in [0.15, 0.2) is 5.69 Å². The summed E-state index contributed by atoms with van der Waals surface area (Å²) in [5.41, 5.74) is 1.53. The molecule has 0 bridgehead atoms. The zero-order valence-electron chi connectivity index (χ0n) is 12.9. The first-order valence-electron chi connectivity index (χ1n) is 7.27. The second kappa shape index (κ2) is 6.88. The van der Waals surface area contributed by atoms with Crippen LogP contribution in [0.15, 0.2) is 53.1 Å². The van der Waals surface area contributed by atoms with Gasteiger partial charge in [-0.1, -0.05) is 40.2 Å². The van der Waals surface area contributed by atoms with Gasteiger partial charge in [-0.15, -0.1) is 0 Å². The van der Waals surface area contributed by atoms with Gasteiger partial charge in [0.05, 0.1) is 12.8 Å². The van der Waals surface area contributed by atoms with E-state index in [0.29, 0.717) is 12.2 Å². The third-order valence-electron chi connectivity index (χ3n) is 3.71. The van der Waals surface area contributed by atoms with Crippen molar-refractivity contribution in [1.82, 2.24) is 4.98 Å². The van der Waals surface area contributed by atoms with E-state index in [4.69, 9.17) is 4.74 Å². The molecular formula is C18H15BrN2O3. The normalized spacial score (nSPS) is 10.6. The number of halogens is 1. The average Bonchev–Trinajstić information content (AvgIpc) is 2.60. The lowest BCUT2D eigenvalue weighted by Crippen LogP contribution is -2.09. The van der Waals surface area contributed by atoms with Gasteiger partial charge in [-0.3, -0.25) is 0 Å². The number of carboxylic acid groups (broad SMARTS) is 1. The molecule has 0 spiro atoms. The number of carbonyl (C=O) groups is 1. The number of fused-ring (bicyclic) bond motifs is 1. The Bertz CT molecular complexity index is 895. The number of rotatable bonds is 5. The number of benzene rings is 2. The highest BCUT2D eigenvalue weighted by atomic mass is 79.9. The van der Waals surface area contributed by atoms with E-state index in [1.165, 1.54) is 0 Å². The van der Waals surface area contributed by atoms with Crippen molar-refractivity contribution in [1.29, 1.82) is 0 Å². The van der Waals surface area contributed by atoms with Crippen LogP contribution in [0.2, 0.25) is 0 Å². The molecule has 0 atom stereocenters. The molecule has 0 unspecified atom stereocenters. The molecule has 0 saturated carbocycles. The fourth-order valence-corrected chi connectivity index (χ4v) is 2.95. The first kappa shape index (κ1) is 16.3. The largest absolute Gasteiger partial charge is 0.497 e. The summed E-state index contributed by atoms with van der Waals surface area (Å²) in [5.74, 6) is -0.283. The minimum absolute atomic E-state index is 0.00844. The number of anilines is 1. The van der Waals surface area contributed by atoms with Crippen LogP contribution in [0.4, 0.5) is 5.69 Å². The topological polar surface area (TPSA) is 71.5 Å². The molecule has 5 nitrogen and oxygen atoms in total. The molecule has 0 fully saturated rings. The lowest BCUT2D eigenvalue weighted by molar-refractivity contribution is 0.0692. The summed E-state index contributed by atoms with van der Waals surface area (Å²) in [4.78, 5) is 15.6. The maximum Gasteiger partial charge on any atom is 0.356 e. The molecule has 0 radical (unpaired) electrons. The van der Waals surface area contributed by atoms with Crippen LogP contribution in [0.5, 0.6) is 5.75 Å². The molecule has 2 aromatic carbocycles. The summed E-state index contributed by atoms with van der Waals surface area (Å²) >= 11 is 3.48. The monoisotopic (exact) mass is 386 g/mol. The van der Waals surface area contributed by atoms with Gasteiger partial charge < -0.3 is 15.2 Å². The van der Waals surface area contributed by atoms with Gasteiger partial charge in [-0.05, 0) is 23.8 Å². The number of aromatic carboxylic acids is 1. The minimum Gasteiger partial charge on any atom is -0.497 e. The predicted octanol–water partition coefficient (Wildman–Crippen LogP) is 4.32. The molecule has 2 N–H and O–H groups in total. The fraction of sp³-hybridized carbons (Fsp3) is 0.111. The minimum atomic E-state index is -1.06. The second-order valence-corrected chi connectivity index (χ2v) is 6.04. The van der Waals surface area contributed by atoms with Gasteiger partial charge in [-0.25, -0.2) is 9.78 Å². The lowest BCUT2D eigenvalue weighted by Gasteiger charge is -2.13. The van der Waals surface area contributed by atoms with Gasteiger partial charge in [0.1, 0.15) is 5.75 Å². The molecule has 0 saturated heterocycles. The Morgan fingerprint density at radius 2 is 1.96 bits per heavy atom. The molecule has 1 heterocycles. The quantitative estimate of drug-likeness (QED) is 0.683. The van der Waals surface area contributed by atoms with E-state index in [1.54, 1.807) is 13.3 Å². The Balaban J connectivity index is 1.98. The molecule has 122 valence electrons. The van der Waals surface area contributed by atoms with Crippen LogP contribution in [0.25, 0.3) is 10.8 Å². The molecule has 1 aromatic heterocycles. The Labute approximate surface area is 147 Å². The summed E-state index contributed by atoms with van der Waals surface area (Å²) in [5, 5.41) is 14.3. The number of nitrogens with zero attached hydrogens (tertiary/aromatic N) is 1. The van der Waals surface area contributed by atoms with Crippen LogP contribution in [-0.2, 0) is 6.54 Å². The van der Waals surface area contributed by atoms with Gasteiger partial charge >= 0.3 is 5.97 Å². The maximum absolute atomic E-state index is 11.5. The van der Waals surface area contributed by atoms with Gasteiger partial charge in [0, 0.05) is 28.0 Å². The number of pyridine rings is 1. The third kappa shape index (κ3) is 3.19. The number of hydrogen-bond donors (Lipinski definition) is 2. The van der Waals surface area contributed by atoms with Crippen LogP contribution in [0.3, 0.4) is 0 Å². The smallest absolute Gasteiger partial charge is 0.356 e. The highest BCUT2D eigenvalue weighted by Gasteiger charge is 2.16. The molecule has 6 heteroatoms. The standard InChI is InChI=1S/C18H15BrN2O3/c1-24-12-7-5-11(6-8-12)9-20-16-13-3-2-4-15(19)14(13)10-21-17(16)18(22)23/h2-8,10,20H,9H2,1H3,(H,22,23). The molecule has 3 aromatic rings. The van der Waals surface area contributed by atoms with E-state index in [1.807, 2.05) is 42.5 Å². The van der Waals surface area contributed by atoms with Crippen molar-refractivity contribution in [2.75, 3.05) is 12.4 Å². The molecule has 0 aliphatic heterocycles. The summed E-state index contributed by atoms with van der Waals surface area (Å²) in [7, 11) is 1.62. The van der Waals surface area contributed by atoms with Gasteiger partial charge in [0.2, 0.25) is 0 Å². The maximum atomic E-state index is 11.5. The lowest BCUT2D eigenvalue weighted by atomic mass is 10.1. The van der Waals surface area contributed by atoms with E-state index < -0.39 is 5.97 Å². The molecule has 3 rings (SSSR count). The van der Waals surface area contributed by atoms with Crippen molar-refractivity contribution in [3.8, 4) is 5.75 Å². The number of carboxylic acids is 1. The van der Waals surface area contributed by atoms with Gasteiger partial charge in [-0.2, -0.15) is 0 Å². The van der Waals surface area contributed by atoms with E-state index in [0.717, 1.165) is 26.6 Å². The highest BCUT2D eigenvalue weighted by molar-refractivity contribution is 9.10. The number of methoxy groups -OCH3 is 1. The van der Waals surface area contributed by atoms with Crippen molar-refractivity contribution in [2.45, 2.75) is 6.54 Å². The first-order chi connectivity index (χ1) is 11.6. The Morgan fingerprint density at radius 1 is 1.21 bits per heavy atom. The summed E-state index contributed by atoms with van der Waals surface area (Å²) < 4.78 is 6.01. The summed E-state index contributed by atoms with van der Waals surface area (Å²) in [6.07, 6.45) is 1.57. The Hall–Kier alpha value is -2.60.